The van der Waals surface area contributed by atoms with Gasteiger partial charge >= 0.3 is 5.97 Å². The minimum Gasteiger partial charge on any atom is -0.460 e. The van der Waals surface area contributed by atoms with Gasteiger partial charge in [-0.3, -0.25) is 4.57 Å². The monoisotopic (exact) mass is 347 g/mol. The number of carbonyl (C=O) groups excluding carboxylic acids is 1. The number of halogens is 1. The Morgan fingerprint density at radius 1 is 1.32 bits per heavy atom. The van der Waals surface area contributed by atoms with Crippen LogP contribution in [0.1, 0.15) is 42.1 Å². The van der Waals surface area contributed by atoms with Gasteiger partial charge in [-0.15, -0.1) is 21.8 Å². The molecule has 6 nitrogen and oxygen atoms in total. The molecule has 0 saturated carbocycles. The van der Waals surface area contributed by atoms with E-state index in [0.717, 1.165) is 6.04 Å². The number of ether oxygens (including phenoxy) is 2. The van der Waals surface area contributed by atoms with E-state index in [0.29, 0.717) is 18.9 Å². The molecule has 8 heteroatoms. The third-order valence-corrected chi connectivity index (χ3v) is 5.30. The van der Waals surface area contributed by atoms with E-state index in [2.05, 4.69) is 29.8 Å². The van der Waals surface area contributed by atoms with Crippen molar-refractivity contribution in [3.05, 3.63) is 11.6 Å². The van der Waals surface area contributed by atoms with Crippen LogP contribution in [0, 0.1) is 0 Å². The smallest absolute Gasteiger partial charge is 0.376 e. The summed E-state index contributed by atoms with van der Waals surface area (Å²) in [4.78, 5) is 11.9. The number of rotatable bonds is 9. The average Bonchev–Trinajstić information content (AvgIpc) is 2.86. The Kier molecular flexibility index (Phi) is 7.51. The predicted octanol–water partition coefficient (Wildman–Crippen LogP) is 3.46. The zero-order chi connectivity index (χ0) is 16.8. The highest BCUT2D eigenvalue weighted by Gasteiger charge is 2.23. The number of hydrogen-bond acceptors (Lipinski definition) is 5. The van der Waals surface area contributed by atoms with E-state index < -0.39 is 14.0 Å². The van der Waals surface area contributed by atoms with Crippen molar-refractivity contribution in [3.8, 4) is 0 Å². The first kappa shape index (κ1) is 19.1. The first-order valence-electron chi connectivity index (χ1n) is 7.62. The maximum atomic E-state index is 11.9. The van der Waals surface area contributed by atoms with Gasteiger partial charge < -0.3 is 9.47 Å². The van der Waals surface area contributed by atoms with Gasteiger partial charge in [-0.25, -0.2) is 4.79 Å². The topological polar surface area (TPSA) is 66.2 Å². The molecule has 0 radical (unpaired) electrons. The van der Waals surface area contributed by atoms with Gasteiger partial charge in [-0.05, 0) is 19.4 Å². The molecule has 1 rings (SSSR count). The van der Waals surface area contributed by atoms with Crippen molar-refractivity contribution < 1.29 is 14.3 Å². The van der Waals surface area contributed by atoms with Crippen LogP contribution >= 0.6 is 11.6 Å². The van der Waals surface area contributed by atoms with Gasteiger partial charge in [0.05, 0.1) is 12.0 Å². The second-order valence-electron chi connectivity index (χ2n) is 6.25. The van der Waals surface area contributed by atoms with Gasteiger partial charge in [0.25, 0.3) is 0 Å². The zero-order valence-corrected chi connectivity index (χ0v) is 15.8. The highest BCUT2D eigenvalue weighted by molar-refractivity contribution is 6.76. The van der Waals surface area contributed by atoms with Crippen molar-refractivity contribution >= 4 is 25.6 Å². The van der Waals surface area contributed by atoms with Crippen LogP contribution in [0.4, 0.5) is 0 Å². The van der Waals surface area contributed by atoms with Gasteiger partial charge in [0.2, 0.25) is 5.82 Å². The van der Waals surface area contributed by atoms with E-state index in [1.165, 1.54) is 0 Å². The maximum absolute atomic E-state index is 11.9. The van der Waals surface area contributed by atoms with Crippen LogP contribution in [-0.4, -0.2) is 42.0 Å². The Hall–Kier alpha value is -0.923. The number of alkyl halides is 1. The van der Waals surface area contributed by atoms with Crippen LogP contribution in [0.15, 0.2) is 0 Å². The molecule has 0 fully saturated rings. The van der Waals surface area contributed by atoms with E-state index in [9.17, 15) is 4.79 Å². The molecule has 0 spiro atoms. The number of carbonyl (C=O) groups is 1. The minimum atomic E-state index is -1.15. The summed E-state index contributed by atoms with van der Waals surface area (Å²) in [7, 11) is -1.15. The molecule has 0 aromatic carbocycles. The van der Waals surface area contributed by atoms with Gasteiger partial charge in [0.15, 0.2) is 5.82 Å². The van der Waals surface area contributed by atoms with Gasteiger partial charge in [0.1, 0.15) is 6.73 Å². The summed E-state index contributed by atoms with van der Waals surface area (Å²) in [6, 6.07) is 1.05. The maximum Gasteiger partial charge on any atom is 0.376 e. The molecular weight excluding hydrogens is 322 g/mol. The Morgan fingerprint density at radius 3 is 2.55 bits per heavy atom. The van der Waals surface area contributed by atoms with E-state index >= 15 is 0 Å². The summed E-state index contributed by atoms with van der Waals surface area (Å²) in [5, 5.41) is 7.63. The fourth-order valence-corrected chi connectivity index (χ4v) is 2.66. The number of nitrogens with zero attached hydrogens (tertiary/aromatic N) is 3. The molecule has 1 unspecified atom stereocenters. The van der Waals surface area contributed by atoms with E-state index in [4.69, 9.17) is 21.1 Å². The molecule has 0 amide bonds. The minimum absolute atomic E-state index is 0.143. The third-order valence-electron chi connectivity index (χ3n) is 3.09. The molecule has 0 aliphatic heterocycles. The highest BCUT2D eigenvalue weighted by atomic mass is 35.5. The van der Waals surface area contributed by atoms with Gasteiger partial charge in [-0.2, -0.15) is 0 Å². The Balaban J connectivity index is 2.83. The summed E-state index contributed by atoms with van der Waals surface area (Å²) in [5.41, 5.74) is 0. The molecule has 0 aliphatic carbocycles. The second kappa shape index (κ2) is 8.64. The van der Waals surface area contributed by atoms with Crippen molar-refractivity contribution in [2.45, 2.75) is 58.1 Å². The van der Waals surface area contributed by atoms with Gasteiger partial charge in [-0.1, -0.05) is 26.6 Å². The largest absolute Gasteiger partial charge is 0.460 e. The molecule has 0 N–H and O–H groups in total. The lowest BCUT2D eigenvalue weighted by Gasteiger charge is -2.17. The molecule has 22 heavy (non-hydrogen) atoms. The highest BCUT2D eigenvalue weighted by Crippen LogP contribution is 2.23. The first-order chi connectivity index (χ1) is 10.3. The van der Waals surface area contributed by atoms with Crippen molar-refractivity contribution in [1.82, 2.24) is 14.8 Å². The lowest BCUT2D eigenvalue weighted by Crippen LogP contribution is -2.23. The molecular formula is C14H26ClN3O3Si. The van der Waals surface area contributed by atoms with Crippen molar-refractivity contribution in [1.29, 1.82) is 0 Å². The van der Waals surface area contributed by atoms with E-state index in [1.807, 2.05) is 6.92 Å². The van der Waals surface area contributed by atoms with Crippen LogP contribution in [-0.2, 0) is 16.2 Å². The SMILES string of the molecule is CCOC(=O)c1nnc(C(Cl)CC)n1COCC[Si](C)(C)C. The predicted molar refractivity (Wildman–Crippen MR) is 89.0 cm³/mol. The van der Waals surface area contributed by atoms with Crippen LogP contribution in [0.3, 0.4) is 0 Å². The molecule has 1 aromatic heterocycles. The van der Waals surface area contributed by atoms with Crippen LogP contribution in [0.5, 0.6) is 0 Å². The zero-order valence-electron chi connectivity index (χ0n) is 14.1. The number of hydrogen-bond donors (Lipinski definition) is 0. The van der Waals surface area contributed by atoms with Crippen molar-refractivity contribution in [2.75, 3.05) is 13.2 Å². The Morgan fingerprint density at radius 2 is 2.00 bits per heavy atom. The second-order valence-corrected chi connectivity index (χ2v) is 12.4. The third kappa shape index (κ3) is 5.70. The molecule has 0 aliphatic rings. The molecule has 126 valence electrons. The van der Waals surface area contributed by atoms with Crippen molar-refractivity contribution in [2.24, 2.45) is 0 Å². The summed E-state index contributed by atoms with van der Waals surface area (Å²) in [6.45, 7) is 11.7. The number of aromatic nitrogens is 3. The Bertz CT molecular complexity index is 488. The molecule has 1 atom stereocenters. The van der Waals surface area contributed by atoms with Crippen LogP contribution in [0.2, 0.25) is 25.7 Å². The molecule has 0 bridgehead atoms. The van der Waals surface area contributed by atoms with Crippen LogP contribution < -0.4 is 0 Å². The normalized spacial score (nSPS) is 13.2. The lowest BCUT2D eigenvalue weighted by atomic mass is 10.3. The molecule has 0 saturated heterocycles. The number of esters is 1. The van der Waals surface area contributed by atoms with Crippen LogP contribution in [0.25, 0.3) is 0 Å². The standard InChI is InChI=1S/C14H26ClN3O3Si/c1-6-11(15)12-16-17-13(14(19)21-7-2)18(12)10-20-8-9-22(3,4)5/h11H,6-10H2,1-5H3. The molecule has 1 heterocycles. The average molecular weight is 348 g/mol. The summed E-state index contributed by atoms with van der Waals surface area (Å²) < 4.78 is 12.3. The molecule has 1 aromatic rings. The summed E-state index contributed by atoms with van der Waals surface area (Å²) in [6.07, 6.45) is 0.692. The van der Waals surface area contributed by atoms with Crippen molar-refractivity contribution in [3.63, 3.8) is 0 Å². The lowest BCUT2D eigenvalue weighted by molar-refractivity contribution is 0.0460. The fraction of sp³-hybridized carbons (Fsp3) is 0.786. The Labute approximate surface area is 138 Å². The van der Waals surface area contributed by atoms with Gasteiger partial charge in [0, 0.05) is 14.7 Å². The summed E-state index contributed by atoms with van der Waals surface area (Å²) in [5.74, 6) is 0.180. The fourth-order valence-electron chi connectivity index (χ4n) is 1.74. The summed E-state index contributed by atoms with van der Waals surface area (Å²) >= 11 is 6.25. The first-order valence-corrected chi connectivity index (χ1v) is 11.8. The quantitative estimate of drug-likeness (QED) is 0.296. The van der Waals surface area contributed by atoms with E-state index in [-0.39, 0.29) is 24.5 Å². The van der Waals surface area contributed by atoms with E-state index in [1.54, 1.807) is 11.5 Å².